The van der Waals surface area contributed by atoms with E-state index >= 15 is 0 Å². The van der Waals surface area contributed by atoms with Gasteiger partial charge in [-0.25, -0.2) is 0 Å². The van der Waals surface area contributed by atoms with Gasteiger partial charge < -0.3 is 5.73 Å². The van der Waals surface area contributed by atoms with Gasteiger partial charge in [0.25, 0.3) is 10.2 Å². The van der Waals surface area contributed by atoms with Crippen molar-refractivity contribution in [1.82, 2.24) is 9.03 Å². The Bertz CT molecular complexity index is 548. The smallest absolute Gasteiger partial charge is 0.279 e. The second kappa shape index (κ2) is 7.19. The molecule has 0 bridgehead atoms. The minimum absolute atomic E-state index is 0.0970. The average molecular weight is 332 g/mol. The number of hydrogen-bond acceptors (Lipinski definition) is 4. The predicted octanol–water partition coefficient (Wildman–Crippen LogP) is 1.49. The Morgan fingerprint density at radius 2 is 2.10 bits per heavy atom. The average Bonchev–Trinajstić information content (AvgIpc) is 2.83. The zero-order valence-corrected chi connectivity index (χ0v) is 14.3. The number of nitrogens with one attached hydrogen (secondary N) is 1. The summed E-state index contributed by atoms with van der Waals surface area (Å²) in [6.45, 7) is 5.77. The molecule has 2 heterocycles. The van der Waals surface area contributed by atoms with E-state index in [1.807, 2.05) is 6.92 Å². The van der Waals surface area contributed by atoms with Crippen molar-refractivity contribution in [2.75, 3.05) is 19.6 Å². The summed E-state index contributed by atoms with van der Waals surface area (Å²) in [6.07, 6.45) is 2.45. The normalized spacial score (nSPS) is 19.8. The van der Waals surface area contributed by atoms with Crippen molar-refractivity contribution in [3.63, 3.8) is 0 Å². The van der Waals surface area contributed by atoms with Crippen LogP contribution in [0, 0.1) is 12.8 Å². The minimum Gasteiger partial charge on any atom is -0.330 e. The van der Waals surface area contributed by atoms with Crippen LogP contribution in [0.2, 0.25) is 0 Å². The monoisotopic (exact) mass is 331 g/mol. The largest absolute Gasteiger partial charge is 0.330 e. The maximum atomic E-state index is 12.4. The van der Waals surface area contributed by atoms with Gasteiger partial charge in [0.15, 0.2) is 0 Å². The number of hydrogen-bond donors (Lipinski definition) is 2. The van der Waals surface area contributed by atoms with Gasteiger partial charge in [-0.3, -0.25) is 0 Å². The molecule has 1 fully saturated rings. The van der Waals surface area contributed by atoms with Crippen molar-refractivity contribution in [3.05, 3.63) is 21.9 Å². The first kappa shape index (κ1) is 16.9. The number of aryl methyl sites for hydroxylation is 1. The molecule has 21 heavy (non-hydrogen) atoms. The number of rotatable bonds is 6. The highest BCUT2D eigenvalue weighted by Gasteiger charge is 2.28. The van der Waals surface area contributed by atoms with Gasteiger partial charge in [0.05, 0.1) is 0 Å². The zero-order chi connectivity index (χ0) is 15.5. The molecule has 0 amide bonds. The molecule has 7 heteroatoms. The molecule has 1 atom stereocenters. The van der Waals surface area contributed by atoms with Gasteiger partial charge in [-0.05, 0) is 57.7 Å². The first-order chi connectivity index (χ1) is 9.90. The van der Waals surface area contributed by atoms with Crippen LogP contribution in [0.3, 0.4) is 0 Å². The third kappa shape index (κ3) is 4.75. The van der Waals surface area contributed by atoms with Gasteiger partial charge in [-0.2, -0.15) is 17.4 Å². The summed E-state index contributed by atoms with van der Waals surface area (Å²) in [5, 5.41) is 0. The summed E-state index contributed by atoms with van der Waals surface area (Å²) in [6, 6.07) is 4.04. The predicted molar refractivity (Wildman–Crippen MR) is 87.6 cm³/mol. The molecule has 2 rings (SSSR count). The lowest BCUT2D eigenvalue weighted by atomic mass is 9.99. The molecule has 1 aliphatic heterocycles. The fourth-order valence-corrected chi connectivity index (χ4v) is 5.10. The summed E-state index contributed by atoms with van der Waals surface area (Å²) in [5.74, 6) is 0.461. The number of thiophene rings is 1. The fraction of sp³-hybridized carbons (Fsp3) is 0.714. The Morgan fingerprint density at radius 3 is 2.62 bits per heavy atom. The third-order valence-corrected chi connectivity index (χ3v) is 6.67. The second-order valence-corrected chi connectivity index (χ2v) is 8.89. The van der Waals surface area contributed by atoms with Gasteiger partial charge in [-0.15, -0.1) is 11.3 Å². The highest BCUT2D eigenvalue weighted by Crippen LogP contribution is 2.19. The molecule has 0 radical (unpaired) electrons. The van der Waals surface area contributed by atoms with E-state index in [1.54, 1.807) is 15.6 Å². The zero-order valence-electron chi connectivity index (χ0n) is 12.7. The topological polar surface area (TPSA) is 75.4 Å². The minimum atomic E-state index is -3.38. The fourth-order valence-electron chi connectivity index (χ4n) is 2.65. The Balaban J connectivity index is 1.88. The van der Waals surface area contributed by atoms with Crippen LogP contribution < -0.4 is 10.5 Å². The van der Waals surface area contributed by atoms with Crippen molar-refractivity contribution >= 4 is 21.5 Å². The van der Waals surface area contributed by atoms with E-state index in [9.17, 15) is 8.42 Å². The summed E-state index contributed by atoms with van der Waals surface area (Å²) in [4.78, 5) is 2.47. The molecule has 1 unspecified atom stereocenters. The first-order valence-electron chi connectivity index (χ1n) is 7.43. The van der Waals surface area contributed by atoms with E-state index in [0.29, 0.717) is 25.6 Å². The number of nitrogens with two attached hydrogens (primary N) is 1. The second-order valence-electron chi connectivity index (χ2n) is 5.82. The quantitative estimate of drug-likeness (QED) is 0.829. The molecule has 3 N–H and O–H groups in total. The third-order valence-electron chi connectivity index (χ3n) is 3.90. The van der Waals surface area contributed by atoms with Gasteiger partial charge >= 0.3 is 0 Å². The molecular formula is C14H25N3O2S2. The van der Waals surface area contributed by atoms with Crippen LogP contribution in [0.5, 0.6) is 0 Å². The van der Waals surface area contributed by atoms with Gasteiger partial charge in [0, 0.05) is 28.9 Å². The van der Waals surface area contributed by atoms with Crippen LogP contribution >= 0.6 is 11.3 Å². The van der Waals surface area contributed by atoms with Crippen molar-refractivity contribution < 1.29 is 8.42 Å². The van der Waals surface area contributed by atoms with Crippen molar-refractivity contribution in [1.29, 1.82) is 0 Å². The van der Waals surface area contributed by atoms with Crippen molar-refractivity contribution in [2.24, 2.45) is 11.7 Å². The van der Waals surface area contributed by atoms with Crippen LogP contribution in [0.4, 0.5) is 0 Å². The van der Waals surface area contributed by atoms with E-state index in [-0.39, 0.29) is 6.04 Å². The summed E-state index contributed by atoms with van der Waals surface area (Å²) in [5.41, 5.74) is 5.64. The lowest BCUT2D eigenvalue weighted by Crippen LogP contribution is -2.48. The van der Waals surface area contributed by atoms with E-state index in [2.05, 4.69) is 23.8 Å². The van der Waals surface area contributed by atoms with Crippen LogP contribution in [0.15, 0.2) is 12.1 Å². The van der Waals surface area contributed by atoms with E-state index in [0.717, 1.165) is 19.3 Å². The molecule has 0 spiro atoms. The lowest BCUT2D eigenvalue weighted by Gasteiger charge is -2.31. The van der Waals surface area contributed by atoms with Crippen molar-refractivity contribution in [2.45, 2.75) is 39.2 Å². The lowest BCUT2D eigenvalue weighted by molar-refractivity contribution is 0.274. The Hall–Kier alpha value is -0.470. The highest BCUT2D eigenvalue weighted by atomic mass is 32.2. The van der Waals surface area contributed by atoms with Crippen LogP contribution in [0.1, 0.15) is 29.5 Å². The highest BCUT2D eigenvalue weighted by molar-refractivity contribution is 7.87. The van der Waals surface area contributed by atoms with E-state index in [4.69, 9.17) is 5.73 Å². The molecule has 1 saturated heterocycles. The maximum absolute atomic E-state index is 12.4. The standard InChI is InChI=1S/C14H25N3O2S2/c1-11(9-14-4-3-12(2)20-14)16-21(18,19)17-7-5-13(10-15)6-8-17/h3-4,11,13,16H,5-10,15H2,1-2H3. The summed E-state index contributed by atoms with van der Waals surface area (Å²) >= 11 is 1.72. The molecule has 5 nitrogen and oxygen atoms in total. The van der Waals surface area contributed by atoms with Crippen LogP contribution in [0.25, 0.3) is 0 Å². The molecule has 0 aromatic carbocycles. The molecule has 1 aromatic heterocycles. The summed E-state index contributed by atoms with van der Waals surface area (Å²) in [7, 11) is -3.38. The molecular weight excluding hydrogens is 306 g/mol. The Kier molecular flexibility index (Phi) is 5.79. The maximum Gasteiger partial charge on any atom is 0.279 e. The van der Waals surface area contributed by atoms with Crippen molar-refractivity contribution in [3.8, 4) is 0 Å². The Labute approximate surface area is 131 Å². The molecule has 0 saturated carbocycles. The van der Waals surface area contributed by atoms with E-state index < -0.39 is 10.2 Å². The van der Waals surface area contributed by atoms with Crippen LogP contribution in [-0.4, -0.2) is 38.4 Å². The molecule has 0 aliphatic carbocycles. The molecule has 1 aliphatic rings. The van der Waals surface area contributed by atoms with Gasteiger partial charge in [0.1, 0.15) is 0 Å². The molecule has 120 valence electrons. The first-order valence-corrected chi connectivity index (χ1v) is 9.69. The SMILES string of the molecule is Cc1ccc(CC(C)NS(=O)(=O)N2CCC(CN)CC2)s1. The van der Waals surface area contributed by atoms with Gasteiger partial charge in [-0.1, -0.05) is 0 Å². The number of piperidine rings is 1. The van der Waals surface area contributed by atoms with E-state index in [1.165, 1.54) is 9.75 Å². The van der Waals surface area contributed by atoms with Gasteiger partial charge in [0.2, 0.25) is 0 Å². The Morgan fingerprint density at radius 1 is 1.43 bits per heavy atom. The summed E-state index contributed by atoms with van der Waals surface area (Å²) < 4.78 is 29.1. The van der Waals surface area contributed by atoms with Crippen LogP contribution in [-0.2, 0) is 16.6 Å². The number of nitrogens with zero attached hydrogens (tertiary/aromatic N) is 1. The molecule has 1 aromatic rings.